The van der Waals surface area contributed by atoms with Crippen LogP contribution in [0.15, 0.2) is 0 Å². The fourth-order valence-corrected chi connectivity index (χ4v) is 0.910. The van der Waals surface area contributed by atoms with Crippen molar-refractivity contribution < 1.29 is 27.8 Å². The first-order valence-corrected chi connectivity index (χ1v) is 4.74. The lowest BCUT2D eigenvalue weighted by molar-refractivity contribution is -0.214. The zero-order chi connectivity index (χ0) is 11.9. The third-order valence-corrected chi connectivity index (χ3v) is 1.86. The minimum atomic E-state index is -4.32. The molecular weight excluding hydrogens is 213 g/mol. The van der Waals surface area contributed by atoms with E-state index < -0.39 is 18.2 Å². The van der Waals surface area contributed by atoms with Crippen molar-refractivity contribution in [1.82, 2.24) is 0 Å². The molecule has 1 atom stereocenters. The van der Waals surface area contributed by atoms with Crippen LogP contribution in [-0.2, 0) is 9.53 Å². The Balaban J connectivity index is 3.35. The van der Waals surface area contributed by atoms with Crippen LogP contribution in [-0.4, -0.2) is 30.0 Å². The van der Waals surface area contributed by atoms with Crippen molar-refractivity contribution in [1.29, 1.82) is 0 Å². The summed E-state index contributed by atoms with van der Waals surface area (Å²) in [5, 5.41) is 8.28. The molecule has 0 aromatic heterocycles. The second kappa shape index (κ2) is 6.66. The van der Waals surface area contributed by atoms with Crippen LogP contribution in [0.3, 0.4) is 0 Å². The van der Waals surface area contributed by atoms with Gasteiger partial charge in [-0.05, 0) is 19.8 Å². The van der Waals surface area contributed by atoms with Crippen LogP contribution in [0.25, 0.3) is 0 Å². The number of hydrogen-bond acceptors (Lipinski definition) is 2. The highest BCUT2D eigenvalue weighted by Gasteiger charge is 2.36. The molecule has 15 heavy (non-hydrogen) atoms. The van der Waals surface area contributed by atoms with E-state index in [0.717, 1.165) is 6.92 Å². The quantitative estimate of drug-likeness (QED) is 0.681. The van der Waals surface area contributed by atoms with E-state index in [0.29, 0.717) is 19.3 Å². The van der Waals surface area contributed by atoms with E-state index in [1.54, 1.807) is 0 Å². The monoisotopic (exact) mass is 228 g/mol. The average molecular weight is 228 g/mol. The average Bonchev–Trinajstić information content (AvgIpc) is 2.08. The Morgan fingerprint density at radius 2 is 1.93 bits per heavy atom. The second-order valence-electron chi connectivity index (χ2n) is 3.26. The summed E-state index contributed by atoms with van der Waals surface area (Å²) in [6.07, 6.45) is -4.53. The predicted molar refractivity (Wildman–Crippen MR) is 47.6 cm³/mol. The zero-order valence-corrected chi connectivity index (χ0v) is 8.51. The van der Waals surface area contributed by atoms with Crippen molar-refractivity contribution in [2.24, 2.45) is 0 Å². The summed E-state index contributed by atoms with van der Waals surface area (Å²) in [6, 6.07) is 0. The van der Waals surface area contributed by atoms with Gasteiger partial charge in [0.2, 0.25) is 0 Å². The Morgan fingerprint density at radius 1 is 1.33 bits per heavy atom. The fraction of sp³-hybridized carbons (Fsp3) is 0.889. The molecule has 1 unspecified atom stereocenters. The van der Waals surface area contributed by atoms with Crippen molar-refractivity contribution >= 4 is 5.97 Å². The van der Waals surface area contributed by atoms with Crippen LogP contribution in [0, 0.1) is 0 Å². The Labute approximate surface area is 86.2 Å². The number of halogens is 3. The molecule has 0 radical (unpaired) electrons. The summed E-state index contributed by atoms with van der Waals surface area (Å²) >= 11 is 0. The number of carboxylic acids is 1. The summed E-state index contributed by atoms with van der Waals surface area (Å²) in [4.78, 5) is 10.1. The minimum absolute atomic E-state index is 0.0142. The Hall–Kier alpha value is -0.780. The molecule has 0 heterocycles. The topological polar surface area (TPSA) is 46.5 Å². The van der Waals surface area contributed by atoms with Crippen molar-refractivity contribution in [3.8, 4) is 0 Å². The molecule has 0 aromatic rings. The lowest BCUT2D eigenvalue weighted by Gasteiger charge is -2.15. The molecule has 0 saturated heterocycles. The first kappa shape index (κ1) is 14.2. The van der Waals surface area contributed by atoms with Crippen LogP contribution < -0.4 is 0 Å². The van der Waals surface area contributed by atoms with Crippen LogP contribution in [0.5, 0.6) is 0 Å². The molecule has 0 aromatic carbocycles. The number of hydrogen-bond donors (Lipinski definition) is 1. The van der Waals surface area contributed by atoms with Crippen molar-refractivity contribution in [3.05, 3.63) is 0 Å². The van der Waals surface area contributed by atoms with E-state index in [2.05, 4.69) is 4.74 Å². The molecule has 0 fully saturated rings. The number of aliphatic carboxylic acids is 1. The Bertz CT molecular complexity index is 192. The summed E-state index contributed by atoms with van der Waals surface area (Å²) in [6.45, 7) is 0.970. The van der Waals surface area contributed by atoms with Gasteiger partial charge in [0.25, 0.3) is 0 Å². The minimum Gasteiger partial charge on any atom is -0.481 e. The first-order valence-electron chi connectivity index (χ1n) is 4.74. The zero-order valence-electron chi connectivity index (χ0n) is 8.51. The summed E-state index contributed by atoms with van der Waals surface area (Å²) < 4.78 is 40.3. The lowest BCUT2D eigenvalue weighted by atomic mass is 10.2. The summed E-state index contributed by atoms with van der Waals surface area (Å²) in [7, 11) is 0. The molecule has 1 N–H and O–H groups in total. The van der Waals surface area contributed by atoms with Crippen LogP contribution >= 0.6 is 0 Å². The van der Waals surface area contributed by atoms with Crippen LogP contribution in [0.4, 0.5) is 13.2 Å². The van der Waals surface area contributed by atoms with Gasteiger partial charge < -0.3 is 9.84 Å². The highest BCUT2D eigenvalue weighted by atomic mass is 19.4. The highest BCUT2D eigenvalue weighted by Crippen LogP contribution is 2.22. The number of carboxylic acid groups (broad SMARTS) is 1. The van der Waals surface area contributed by atoms with Gasteiger partial charge in [-0.3, -0.25) is 4.79 Å². The van der Waals surface area contributed by atoms with E-state index in [9.17, 15) is 18.0 Å². The van der Waals surface area contributed by atoms with Crippen LogP contribution in [0.2, 0.25) is 0 Å². The fourth-order valence-electron chi connectivity index (χ4n) is 0.910. The smallest absolute Gasteiger partial charge is 0.414 e. The molecule has 0 aliphatic carbocycles. The van der Waals surface area contributed by atoms with Crippen molar-refractivity contribution in [2.75, 3.05) is 6.61 Å². The van der Waals surface area contributed by atoms with Gasteiger partial charge in [-0.1, -0.05) is 6.42 Å². The number of unbranched alkanes of at least 4 members (excludes halogenated alkanes) is 2. The number of carbonyl (C=O) groups is 1. The summed E-state index contributed by atoms with van der Waals surface area (Å²) in [5.74, 6) is -0.889. The molecule has 0 saturated carbocycles. The maximum absolute atomic E-state index is 11.9. The predicted octanol–water partition coefficient (Wildman–Crippen LogP) is 2.60. The molecule has 0 bridgehead atoms. The van der Waals surface area contributed by atoms with Gasteiger partial charge in [0, 0.05) is 13.0 Å². The normalized spacial score (nSPS) is 13.9. The van der Waals surface area contributed by atoms with Gasteiger partial charge in [0.1, 0.15) is 0 Å². The first-order chi connectivity index (χ1) is 6.84. The van der Waals surface area contributed by atoms with E-state index >= 15 is 0 Å². The molecule has 90 valence electrons. The number of rotatable bonds is 7. The van der Waals surface area contributed by atoms with E-state index in [1.165, 1.54) is 0 Å². The Morgan fingerprint density at radius 3 is 2.40 bits per heavy atom. The molecular formula is C9H15F3O3. The molecule has 0 aliphatic heterocycles. The third kappa shape index (κ3) is 8.23. The molecule has 0 spiro atoms. The van der Waals surface area contributed by atoms with Gasteiger partial charge in [-0.15, -0.1) is 0 Å². The standard InChI is InChI=1S/C9H15F3O3/c1-7(9(10,11)12)15-6-4-2-3-5-8(13)14/h7H,2-6H2,1H3,(H,13,14). The molecule has 0 amide bonds. The SMILES string of the molecule is CC(OCCCCCC(=O)O)C(F)(F)F. The number of alkyl halides is 3. The van der Waals surface area contributed by atoms with Gasteiger partial charge in [0.15, 0.2) is 6.10 Å². The van der Waals surface area contributed by atoms with E-state index in [1.807, 2.05) is 0 Å². The third-order valence-electron chi connectivity index (χ3n) is 1.86. The van der Waals surface area contributed by atoms with E-state index in [-0.39, 0.29) is 13.0 Å². The molecule has 3 nitrogen and oxygen atoms in total. The van der Waals surface area contributed by atoms with Gasteiger partial charge >= 0.3 is 12.1 Å². The highest BCUT2D eigenvalue weighted by molar-refractivity contribution is 5.66. The lowest BCUT2D eigenvalue weighted by Crippen LogP contribution is -2.28. The van der Waals surface area contributed by atoms with Gasteiger partial charge in [0.05, 0.1) is 0 Å². The molecule has 0 aliphatic rings. The van der Waals surface area contributed by atoms with Gasteiger partial charge in [-0.2, -0.15) is 13.2 Å². The largest absolute Gasteiger partial charge is 0.481 e. The van der Waals surface area contributed by atoms with Crippen molar-refractivity contribution in [2.45, 2.75) is 44.9 Å². The Kier molecular flexibility index (Phi) is 6.31. The van der Waals surface area contributed by atoms with Crippen molar-refractivity contribution in [3.63, 3.8) is 0 Å². The molecule has 0 rings (SSSR count). The van der Waals surface area contributed by atoms with E-state index in [4.69, 9.17) is 5.11 Å². The number of ether oxygens (including phenoxy) is 1. The maximum atomic E-state index is 11.9. The van der Waals surface area contributed by atoms with Crippen LogP contribution in [0.1, 0.15) is 32.6 Å². The second-order valence-corrected chi connectivity index (χ2v) is 3.26. The molecule has 6 heteroatoms. The maximum Gasteiger partial charge on any atom is 0.414 e. The summed E-state index contributed by atoms with van der Waals surface area (Å²) in [5.41, 5.74) is 0. The van der Waals surface area contributed by atoms with Gasteiger partial charge in [-0.25, -0.2) is 0 Å².